The summed E-state index contributed by atoms with van der Waals surface area (Å²) < 4.78 is 11.3. The molecule has 1 fully saturated rings. The first kappa shape index (κ1) is 78.7. The Balaban J connectivity index is 2.09. The van der Waals surface area contributed by atoms with E-state index in [1.807, 2.05) is 6.08 Å². The molecule has 0 bridgehead atoms. The summed E-state index contributed by atoms with van der Waals surface area (Å²) in [7, 11) is 0. The van der Waals surface area contributed by atoms with Crippen LogP contribution in [0.1, 0.15) is 380 Å². The number of allylic oxidation sites excluding steroid dienone is 3. The molecular weight excluding hydrogens is 1020 g/mol. The molecule has 0 aromatic rings. The van der Waals surface area contributed by atoms with E-state index in [1.165, 1.54) is 321 Å². The molecule has 7 atom stereocenters. The van der Waals surface area contributed by atoms with Gasteiger partial charge in [-0.15, -0.1) is 0 Å². The smallest absolute Gasteiger partial charge is 0.220 e. The lowest BCUT2D eigenvalue weighted by atomic mass is 9.99. The second-order valence-electron chi connectivity index (χ2n) is 25.7. The third-order valence-electron chi connectivity index (χ3n) is 17.8. The summed E-state index contributed by atoms with van der Waals surface area (Å²) in [5, 5.41) is 54.8. The second kappa shape index (κ2) is 62.7. The molecule has 1 rings (SSSR count). The number of nitrogens with one attached hydrogen (secondary N) is 1. The number of aliphatic hydroxyl groups excluding tert-OH is 5. The van der Waals surface area contributed by atoms with E-state index >= 15 is 0 Å². The van der Waals surface area contributed by atoms with Gasteiger partial charge in [0.1, 0.15) is 24.4 Å². The maximum absolute atomic E-state index is 13.1. The zero-order valence-electron chi connectivity index (χ0n) is 54.5. The molecule has 0 aromatic heterocycles. The summed E-state index contributed by atoms with van der Waals surface area (Å²) in [4.78, 5) is 13.1. The Morgan fingerprint density at radius 1 is 0.402 bits per heavy atom. The fraction of sp³-hybridized carbons (Fsp3) is 0.932. The van der Waals surface area contributed by atoms with Gasteiger partial charge in [0.25, 0.3) is 0 Å². The van der Waals surface area contributed by atoms with Gasteiger partial charge >= 0.3 is 0 Å². The summed E-state index contributed by atoms with van der Waals surface area (Å²) >= 11 is 0. The molecule has 1 heterocycles. The zero-order chi connectivity index (χ0) is 59.3. The molecule has 1 aliphatic heterocycles. The van der Waals surface area contributed by atoms with Gasteiger partial charge in [-0.1, -0.05) is 353 Å². The molecule has 0 spiro atoms. The van der Waals surface area contributed by atoms with Gasteiger partial charge < -0.3 is 40.3 Å². The largest absolute Gasteiger partial charge is 0.394 e. The minimum absolute atomic E-state index is 0.168. The third-order valence-corrected chi connectivity index (χ3v) is 17.8. The van der Waals surface area contributed by atoms with Crippen molar-refractivity contribution in [1.29, 1.82) is 0 Å². The lowest BCUT2D eigenvalue weighted by molar-refractivity contribution is -0.302. The highest BCUT2D eigenvalue weighted by Gasteiger charge is 2.44. The molecule has 82 heavy (non-hydrogen) atoms. The molecule has 9 nitrogen and oxygen atoms in total. The zero-order valence-corrected chi connectivity index (χ0v) is 54.5. The molecule has 1 saturated heterocycles. The van der Waals surface area contributed by atoms with Gasteiger partial charge in [0, 0.05) is 6.42 Å². The van der Waals surface area contributed by atoms with Gasteiger partial charge in [0.05, 0.1) is 25.4 Å². The number of ether oxygens (including phenoxy) is 2. The molecule has 0 aromatic carbocycles. The van der Waals surface area contributed by atoms with E-state index in [0.717, 1.165) is 38.5 Å². The Labute approximate surface area is 509 Å². The van der Waals surface area contributed by atoms with Crippen LogP contribution in [0.25, 0.3) is 0 Å². The molecule has 486 valence electrons. The summed E-state index contributed by atoms with van der Waals surface area (Å²) in [6, 6.07) is -0.804. The Bertz CT molecular complexity index is 1340. The minimum Gasteiger partial charge on any atom is -0.394 e. The topological polar surface area (TPSA) is 149 Å². The van der Waals surface area contributed by atoms with Crippen molar-refractivity contribution in [1.82, 2.24) is 5.32 Å². The highest BCUT2D eigenvalue weighted by atomic mass is 16.7. The molecule has 6 N–H and O–H groups in total. The van der Waals surface area contributed by atoms with E-state index in [4.69, 9.17) is 9.47 Å². The van der Waals surface area contributed by atoms with Gasteiger partial charge in [0.2, 0.25) is 5.91 Å². The number of rotatable bonds is 65. The number of carbonyl (C=O) groups excluding carboxylic acids is 1. The van der Waals surface area contributed by atoms with E-state index in [-0.39, 0.29) is 12.5 Å². The van der Waals surface area contributed by atoms with Crippen molar-refractivity contribution < 1.29 is 39.8 Å². The van der Waals surface area contributed by atoms with Crippen LogP contribution in [-0.2, 0) is 14.3 Å². The van der Waals surface area contributed by atoms with Gasteiger partial charge in [-0.05, 0) is 44.9 Å². The number of amides is 1. The lowest BCUT2D eigenvalue weighted by Crippen LogP contribution is -2.60. The third kappa shape index (κ3) is 50.8. The number of aliphatic hydroxyl groups is 5. The molecule has 0 saturated carbocycles. The Morgan fingerprint density at radius 3 is 0.988 bits per heavy atom. The van der Waals surface area contributed by atoms with Gasteiger partial charge in [-0.3, -0.25) is 4.79 Å². The predicted octanol–water partition coefficient (Wildman–Crippen LogP) is 20.0. The molecule has 7 unspecified atom stereocenters. The fourth-order valence-corrected chi connectivity index (χ4v) is 12.0. The van der Waals surface area contributed by atoms with Crippen molar-refractivity contribution in [3.63, 3.8) is 0 Å². The maximum Gasteiger partial charge on any atom is 0.220 e. The Hall–Kier alpha value is -1.33. The molecule has 0 aliphatic carbocycles. The average molecular weight is 1160 g/mol. The predicted molar refractivity (Wildman–Crippen MR) is 350 cm³/mol. The first-order chi connectivity index (χ1) is 40.3. The fourth-order valence-electron chi connectivity index (χ4n) is 12.0. The van der Waals surface area contributed by atoms with Crippen LogP contribution in [0.2, 0.25) is 0 Å². The van der Waals surface area contributed by atoms with E-state index in [1.54, 1.807) is 6.08 Å². The average Bonchev–Trinajstić information content (AvgIpc) is 3.57. The van der Waals surface area contributed by atoms with Crippen LogP contribution in [0, 0.1) is 0 Å². The molecule has 9 heteroatoms. The molecule has 1 aliphatic rings. The SMILES string of the molecule is CCCCCCCCCC/C=C\CCCCCCCCCCCCCCCCCCCCCCCC(=O)NC(COC1OC(CO)C(O)C(O)C1O)C(O)/C=C/CCCCCCCCCCCCCCCCCCCCCCCCCC. The minimum atomic E-state index is -1.57. The number of hydrogen-bond acceptors (Lipinski definition) is 8. The summed E-state index contributed by atoms with van der Waals surface area (Å²) in [6.45, 7) is 3.84. The number of hydrogen-bond donors (Lipinski definition) is 6. The van der Waals surface area contributed by atoms with Crippen molar-refractivity contribution in [2.24, 2.45) is 0 Å². The normalized spacial score (nSPS) is 18.4. The van der Waals surface area contributed by atoms with Crippen LogP contribution in [0.4, 0.5) is 0 Å². The van der Waals surface area contributed by atoms with Crippen molar-refractivity contribution >= 4 is 5.91 Å². The van der Waals surface area contributed by atoms with E-state index in [2.05, 4.69) is 31.3 Å². The first-order valence-corrected chi connectivity index (χ1v) is 36.6. The summed E-state index contributed by atoms with van der Waals surface area (Å²) in [5.41, 5.74) is 0. The van der Waals surface area contributed by atoms with E-state index in [9.17, 15) is 30.3 Å². The maximum atomic E-state index is 13.1. The summed E-state index contributed by atoms with van der Waals surface area (Å²) in [5.74, 6) is -0.168. The number of carbonyl (C=O) groups is 1. The van der Waals surface area contributed by atoms with Crippen LogP contribution >= 0.6 is 0 Å². The van der Waals surface area contributed by atoms with Crippen molar-refractivity contribution in [2.45, 2.75) is 423 Å². The van der Waals surface area contributed by atoms with Crippen LogP contribution in [-0.4, -0.2) is 87.5 Å². The highest BCUT2D eigenvalue weighted by Crippen LogP contribution is 2.24. The van der Waals surface area contributed by atoms with Crippen LogP contribution < -0.4 is 5.32 Å². The van der Waals surface area contributed by atoms with Gasteiger partial charge in [-0.2, -0.15) is 0 Å². The van der Waals surface area contributed by atoms with Gasteiger partial charge in [-0.25, -0.2) is 0 Å². The quantitative estimate of drug-likeness (QED) is 0.0261. The Kier molecular flexibility index (Phi) is 60.2. The second-order valence-corrected chi connectivity index (χ2v) is 25.7. The van der Waals surface area contributed by atoms with E-state index in [0.29, 0.717) is 6.42 Å². The standard InChI is InChI=1S/C73H141NO8/c1-3-5-7-9-11-13-15-17-19-21-23-25-27-29-31-32-33-34-35-36-37-39-41-43-45-47-49-51-53-55-57-59-61-63-69(77)74-66(65-81-73-72(80)71(79)70(78)68(64-75)82-73)67(76)62-60-58-56-54-52-50-48-46-44-42-40-38-30-28-26-24-22-20-18-16-14-12-10-8-6-4-2/h21,23,60,62,66-68,70-73,75-76,78-80H,3-20,22,24-59,61,63-65H2,1-2H3,(H,74,77)/b23-21-,62-60+. The van der Waals surface area contributed by atoms with Crippen molar-refractivity contribution in [2.75, 3.05) is 13.2 Å². The van der Waals surface area contributed by atoms with Crippen molar-refractivity contribution in [3.05, 3.63) is 24.3 Å². The van der Waals surface area contributed by atoms with Crippen LogP contribution in [0.5, 0.6) is 0 Å². The van der Waals surface area contributed by atoms with Crippen LogP contribution in [0.15, 0.2) is 24.3 Å². The van der Waals surface area contributed by atoms with Gasteiger partial charge in [0.15, 0.2) is 6.29 Å². The lowest BCUT2D eigenvalue weighted by Gasteiger charge is -2.40. The Morgan fingerprint density at radius 2 is 0.683 bits per heavy atom. The van der Waals surface area contributed by atoms with Crippen molar-refractivity contribution in [3.8, 4) is 0 Å². The first-order valence-electron chi connectivity index (χ1n) is 36.6. The number of unbranched alkanes of at least 4 members (excludes halogenated alkanes) is 53. The molecule has 1 amide bonds. The summed E-state index contributed by atoms with van der Waals surface area (Å²) in [6.07, 6.45) is 75.8. The molecule has 0 radical (unpaired) electrons. The highest BCUT2D eigenvalue weighted by molar-refractivity contribution is 5.76. The van der Waals surface area contributed by atoms with Crippen LogP contribution in [0.3, 0.4) is 0 Å². The van der Waals surface area contributed by atoms with E-state index < -0.39 is 49.5 Å². The monoisotopic (exact) mass is 1160 g/mol. The molecular formula is C73H141NO8.